The van der Waals surface area contributed by atoms with Crippen LogP contribution < -0.4 is 0 Å². The topological polar surface area (TPSA) is 29.5 Å². The molecular formula is C16H25NO2. The summed E-state index contributed by atoms with van der Waals surface area (Å²) in [5.74, 6) is -0.140. The summed E-state index contributed by atoms with van der Waals surface area (Å²) in [5, 5.41) is 0. The van der Waals surface area contributed by atoms with Crippen LogP contribution in [-0.4, -0.2) is 31.6 Å². The van der Waals surface area contributed by atoms with Crippen molar-refractivity contribution in [2.75, 3.05) is 20.7 Å². The van der Waals surface area contributed by atoms with Crippen LogP contribution in [0.5, 0.6) is 0 Å². The maximum atomic E-state index is 11.7. The molecule has 0 amide bonds. The third-order valence-corrected chi connectivity index (χ3v) is 3.53. The van der Waals surface area contributed by atoms with Crippen molar-refractivity contribution in [1.82, 2.24) is 4.90 Å². The SMILES string of the molecule is CCOC(=O)CC(c1cc(C)c(C)cc1C)N(C)C. The Morgan fingerprint density at radius 2 is 1.74 bits per heavy atom. The second-order valence-corrected chi connectivity index (χ2v) is 5.28. The molecule has 3 nitrogen and oxygen atoms in total. The standard InChI is InChI=1S/C16H25NO2/c1-7-19-16(18)10-15(17(5)6)14-9-12(3)11(2)8-13(14)4/h8-9,15H,7,10H2,1-6H3. The van der Waals surface area contributed by atoms with E-state index < -0.39 is 0 Å². The van der Waals surface area contributed by atoms with Crippen molar-refractivity contribution >= 4 is 5.97 Å². The molecule has 1 aromatic rings. The molecule has 0 radical (unpaired) electrons. The molecular weight excluding hydrogens is 238 g/mol. The van der Waals surface area contributed by atoms with Gasteiger partial charge >= 0.3 is 5.97 Å². The fraction of sp³-hybridized carbons (Fsp3) is 0.562. The zero-order valence-corrected chi connectivity index (χ0v) is 12.9. The molecule has 0 saturated heterocycles. The fourth-order valence-electron chi connectivity index (χ4n) is 2.29. The number of carbonyl (C=O) groups excluding carboxylic acids is 1. The van der Waals surface area contributed by atoms with Gasteiger partial charge < -0.3 is 9.64 Å². The van der Waals surface area contributed by atoms with Gasteiger partial charge in [0.25, 0.3) is 0 Å². The molecule has 0 aliphatic carbocycles. The van der Waals surface area contributed by atoms with E-state index in [1.807, 2.05) is 21.0 Å². The summed E-state index contributed by atoms with van der Waals surface area (Å²) in [6.07, 6.45) is 0.393. The zero-order chi connectivity index (χ0) is 14.6. The van der Waals surface area contributed by atoms with Crippen molar-refractivity contribution in [3.05, 3.63) is 34.4 Å². The molecule has 0 heterocycles. The van der Waals surface area contributed by atoms with Crippen molar-refractivity contribution < 1.29 is 9.53 Å². The van der Waals surface area contributed by atoms with E-state index in [0.717, 1.165) is 0 Å². The van der Waals surface area contributed by atoms with Crippen LogP contribution >= 0.6 is 0 Å². The number of ether oxygens (including phenoxy) is 1. The van der Waals surface area contributed by atoms with Crippen molar-refractivity contribution in [2.24, 2.45) is 0 Å². The highest BCUT2D eigenvalue weighted by Gasteiger charge is 2.21. The summed E-state index contributed by atoms with van der Waals surface area (Å²) in [4.78, 5) is 13.8. The van der Waals surface area contributed by atoms with Crippen molar-refractivity contribution in [2.45, 2.75) is 40.2 Å². The Bertz CT molecular complexity index is 452. The van der Waals surface area contributed by atoms with Gasteiger partial charge in [-0.25, -0.2) is 0 Å². The first-order valence-electron chi connectivity index (χ1n) is 6.76. The number of hydrogen-bond donors (Lipinski definition) is 0. The maximum absolute atomic E-state index is 11.7. The number of hydrogen-bond acceptors (Lipinski definition) is 3. The Kier molecular flexibility index (Phi) is 5.55. The number of nitrogens with zero attached hydrogens (tertiary/aromatic N) is 1. The molecule has 1 unspecified atom stereocenters. The monoisotopic (exact) mass is 263 g/mol. The molecule has 0 bridgehead atoms. The van der Waals surface area contributed by atoms with Crippen molar-refractivity contribution in [1.29, 1.82) is 0 Å². The predicted molar refractivity (Wildman–Crippen MR) is 78.3 cm³/mol. The lowest BCUT2D eigenvalue weighted by atomic mass is 9.93. The maximum Gasteiger partial charge on any atom is 0.307 e. The highest BCUT2D eigenvalue weighted by atomic mass is 16.5. The van der Waals surface area contributed by atoms with E-state index >= 15 is 0 Å². The highest BCUT2D eigenvalue weighted by molar-refractivity contribution is 5.70. The average Bonchev–Trinajstić information content (AvgIpc) is 2.31. The molecule has 0 aromatic heterocycles. The van der Waals surface area contributed by atoms with E-state index in [4.69, 9.17) is 4.74 Å². The largest absolute Gasteiger partial charge is 0.466 e. The average molecular weight is 263 g/mol. The summed E-state index contributed by atoms with van der Waals surface area (Å²) in [7, 11) is 4.00. The van der Waals surface area contributed by atoms with Gasteiger partial charge in [0.2, 0.25) is 0 Å². The summed E-state index contributed by atoms with van der Waals surface area (Å²) in [6.45, 7) is 8.59. The third-order valence-electron chi connectivity index (χ3n) is 3.53. The Balaban J connectivity index is 3.06. The van der Waals surface area contributed by atoms with Crippen LogP contribution in [0.15, 0.2) is 12.1 Å². The van der Waals surface area contributed by atoms with E-state index in [1.165, 1.54) is 22.3 Å². The Morgan fingerprint density at radius 3 is 2.26 bits per heavy atom. The number of carbonyl (C=O) groups is 1. The van der Waals surface area contributed by atoms with Crippen LogP contribution in [0.4, 0.5) is 0 Å². The van der Waals surface area contributed by atoms with Gasteiger partial charge in [-0.1, -0.05) is 12.1 Å². The number of benzene rings is 1. The summed E-state index contributed by atoms with van der Waals surface area (Å²) < 4.78 is 5.07. The lowest BCUT2D eigenvalue weighted by Crippen LogP contribution is -2.24. The van der Waals surface area contributed by atoms with Crippen LogP contribution in [0.2, 0.25) is 0 Å². The second kappa shape index (κ2) is 6.71. The van der Waals surface area contributed by atoms with E-state index in [2.05, 4.69) is 37.8 Å². The molecule has 1 atom stereocenters. The van der Waals surface area contributed by atoms with Gasteiger partial charge in [-0.2, -0.15) is 0 Å². The summed E-state index contributed by atoms with van der Waals surface area (Å²) in [5.41, 5.74) is 4.98. The van der Waals surface area contributed by atoms with Crippen molar-refractivity contribution in [3.8, 4) is 0 Å². The van der Waals surface area contributed by atoms with Gasteiger partial charge in [-0.3, -0.25) is 4.79 Å². The molecule has 0 saturated carbocycles. The van der Waals surface area contributed by atoms with Gasteiger partial charge in [0.05, 0.1) is 13.0 Å². The minimum absolute atomic E-state index is 0.0679. The van der Waals surface area contributed by atoms with Gasteiger partial charge in [-0.05, 0) is 64.0 Å². The zero-order valence-electron chi connectivity index (χ0n) is 12.9. The molecule has 1 aromatic carbocycles. The molecule has 0 spiro atoms. The first-order valence-corrected chi connectivity index (χ1v) is 6.76. The first kappa shape index (κ1) is 15.7. The second-order valence-electron chi connectivity index (χ2n) is 5.28. The number of esters is 1. The minimum atomic E-state index is -0.140. The van der Waals surface area contributed by atoms with Crippen LogP contribution in [0.25, 0.3) is 0 Å². The summed E-state index contributed by atoms with van der Waals surface area (Å²) >= 11 is 0. The molecule has 3 heteroatoms. The highest BCUT2D eigenvalue weighted by Crippen LogP contribution is 2.28. The Hall–Kier alpha value is -1.35. The first-order chi connectivity index (χ1) is 8.86. The summed E-state index contributed by atoms with van der Waals surface area (Å²) in [6, 6.07) is 4.44. The molecule has 0 aliphatic rings. The van der Waals surface area contributed by atoms with Crippen molar-refractivity contribution in [3.63, 3.8) is 0 Å². The van der Waals surface area contributed by atoms with Gasteiger partial charge in [0.15, 0.2) is 0 Å². The van der Waals surface area contributed by atoms with Gasteiger partial charge in [0, 0.05) is 6.04 Å². The minimum Gasteiger partial charge on any atom is -0.466 e. The molecule has 19 heavy (non-hydrogen) atoms. The van der Waals surface area contributed by atoms with E-state index in [1.54, 1.807) is 0 Å². The van der Waals surface area contributed by atoms with Gasteiger partial charge in [-0.15, -0.1) is 0 Å². The molecule has 1 rings (SSSR count). The van der Waals surface area contributed by atoms with Crippen LogP contribution in [0.3, 0.4) is 0 Å². The van der Waals surface area contributed by atoms with E-state index in [9.17, 15) is 4.79 Å². The lowest BCUT2D eigenvalue weighted by Gasteiger charge is -2.26. The molecule has 0 N–H and O–H groups in total. The third kappa shape index (κ3) is 4.06. The quantitative estimate of drug-likeness (QED) is 0.764. The van der Waals surface area contributed by atoms with Gasteiger partial charge in [0.1, 0.15) is 0 Å². The molecule has 0 aliphatic heterocycles. The van der Waals surface area contributed by atoms with Crippen LogP contribution in [-0.2, 0) is 9.53 Å². The molecule has 106 valence electrons. The molecule has 0 fully saturated rings. The Morgan fingerprint density at radius 1 is 1.16 bits per heavy atom. The van der Waals surface area contributed by atoms with E-state index in [0.29, 0.717) is 13.0 Å². The van der Waals surface area contributed by atoms with Crippen LogP contribution in [0.1, 0.15) is 41.6 Å². The normalized spacial score (nSPS) is 12.6. The Labute approximate surface area is 116 Å². The lowest BCUT2D eigenvalue weighted by molar-refractivity contribution is -0.144. The van der Waals surface area contributed by atoms with Crippen LogP contribution in [0, 0.1) is 20.8 Å². The number of aryl methyl sites for hydroxylation is 3. The number of rotatable bonds is 5. The van der Waals surface area contributed by atoms with E-state index in [-0.39, 0.29) is 12.0 Å². The fourth-order valence-corrected chi connectivity index (χ4v) is 2.29. The predicted octanol–water partition coefficient (Wildman–Crippen LogP) is 3.17. The smallest absolute Gasteiger partial charge is 0.307 e.